The van der Waals surface area contributed by atoms with Crippen LogP contribution in [-0.4, -0.2) is 50.4 Å². The molecule has 1 saturated heterocycles. The number of hydrogen-bond donors (Lipinski definition) is 2. The summed E-state index contributed by atoms with van der Waals surface area (Å²) in [4.78, 5) is 27.2. The van der Waals surface area contributed by atoms with Gasteiger partial charge < -0.3 is 15.1 Å². The summed E-state index contributed by atoms with van der Waals surface area (Å²) >= 11 is 0. The van der Waals surface area contributed by atoms with Crippen LogP contribution in [0.15, 0.2) is 54.6 Å². The van der Waals surface area contributed by atoms with Gasteiger partial charge in [-0.2, -0.15) is 0 Å². The second-order valence-electron chi connectivity index (χ2n) is 7.88. The van der Waals surface area contributed by atoms with Crippen LogP contribution < -0.4 is 10.2 Å². The van der Waals surface area contributed by atoms with E-state index in [0.29, 0.717) is 12.1 Å². The Labute approximate surface area is 167 Å². The van der Waals surface area contributed by atoms with E-state index in [4.69, 9.17) is 0 Å². The number of carbonyl (C=O) groups excluding carboxylic acids is 2. The van der Waals surface area contributed by atoms with Crippen LogP contribution in [0.2, 0.25) is 0 Å². The topological polar surface area (TPSA) is 53.9 Å². The lowest BCUT2D eigenvalue weighted by Crippen LogP contribution is -3.14. The highest BCUT2D eigenvalue weighted by Gasteiger charge is 2.24. The largest absolute Gasteiger partial charge is 0.345 e. The van der Waals surface area contributed by atoms with Crippen molar-refractivity contribution in [2.75, 3.05) is 39.0 Å². The molecule has 0 spiro atoms. The number of benzene rings is 2. The van der Waals surface area contributed by atoms with Gasteiger partial charge in [-0.05, 0) is 55.0 Å². The molecule has 0 aromatic heterocycles. The molecule has 0 bridgehead atoms. The SMILES string of the molecule is CN(C)C(=O)c1ccc(NC(=O)C[NH+]2CCC(Cc3ccccc3)CC2)cc1. The third kappa shape index (κ3) is 5.67. The minimum absolute atomic E-state index is 0.0307. The van der Waals surface area contributed by atoms with Crippen molar-refractivity contribution in [3.05, 3.63) is 65.7 Å². The molecule has 1 heterocycles. The summed E-state index contributed by atoms with van der Waals surface area (Å²) in [6, 6.07) is 17.7. The van der Waals surface area contributed by atoms with E-state index in [9.17, 15) is 9.59 Å². The highest BCUT2D eigenvalue weighted by Crippen LogP contribution is 2.16. The Morgan fingerprint density at radius 1 is 1.00 bits per heavy atom. The van der Waals surface area contributed by atoms with Gasteiger partial charge in [-0.3, -0.25) is 9.59 Å². The Hall–Kier alpha value is -2.66. The first-order chi connectivity index (χ1) is 13.5. The van der Waals surface area contributed by atoms with E-state index >= 15 is 0 Å². The van der Waals surface area contributed by atoms with Gasteiger partial charge in [0, 0.05) is 25.3 Å². The van der Waals surface area contributed by atoms with E-state index in [2.05, 4.69) is 35.6 Å². The number of piperidine rings is 1. The maximum atomic E-state index is 12.4. The van der Waals surface area contributed by atoms with Gasteiger partial charge in [-0.15, -0.1) is 0 Å². The Morgan fingerprint density at radius 3 is 2.25 bits per heavy atom. The summed E-state index contributed by atoms with van der Waals surface area (Å²) in [5, 5.41) is 2.95. The fraction of sp³-hybridized carbons (Fsp3) is 0.391. The molecule has 1 aliphatic heterocycles. The standard InChI is InChI=1S/C23H29N3O2/c1-25(2)23(28)20-8-10-21(11-9-20)24-22(27)17-26-14-12-19(13-15-26)16-18-6-4-3-5-7-18/h3-11,19H,12-17H2,1-2H3,(H,24,27)/p+1. The molecule has 0 radical (unpaired) electrons. The highest BCUT2D eigenvalue weighted by atomic mass is 16.2. The van der Waals surface area contributed by atoms with E-state index < -0.39 is 0 Å². The zero-order valence-electron chi connectivity index (χ0n) is 16.8. The summed E-state index contributed by atoms with van der Waals surface area (Å²) in [5.41, 5.74) is 2.76. The maximum absolute atomic E-state index is 12.4. The van der Waals surface area contributed by atoms with Crippen molar-refractivity contribution in [3.63, 3.8) is 0 Å². The second kappa shape index (κ2) is 9.51. The number of nitrogens with zero attached hydrogens (tertiary/aromatic N) is 1. The van der Waals surface area contributed by atoms with Crippen LogP contribution in [-0.2, 0) is 11.2 Å². The first-order valence-electron chi connectivity index (χ1n) is 10.0. The maximum Gasteiger partial charge on any atom is 0.279 e. The van der Waals surface area contributed by atoms with Crippen molar-refractivity contribution in [1.82, 2.24) is 4.90 Å². The lowest BCUT2D eigenvalue weighted by Gasteiger charge is -2.29. The van der Waals surface area contributed by atoms with Crippen LogP contribution in [0.4, 0.5) is 5.69 Å². The lowest BCUT2D eigenvalue weighted by molar-refractivity contribution is -0.898. The number of likely N-dealkylation sites (tertiary alicyclic amines) is 1. The van der Waals surface area contributed by atoms with Gasteiger partial charge in [0.1, 0.15) is 0 Å². The summed E-state index contributed by atoms with van der Waals surface area (Å²) in [6.45, 7) is 2.58. The molecule has 5 heteroatoms. The van der Waals surface area contributed by atoms with Crippen molar-refractivity contribution in [2.24, 2.45) is 5.92 Å². The number of anilines is 1. The lowest BCUT2D eigenvalue weighted by atomic mass is 9.90. The number of amides is 2. The van der Waals surface area contributed by atoms with Crippen molar-refractivity contribution in [3.8, 4) is 0 Å². The summed E-state index contributed by atoms with van der Waals surface area (Å²) in [5.74, 6) is 0.708. The molecular weight excluding hydrogens is 350 g/mol. The fourth-order valence-corrected chi connectivity index (χ4v) is 3.80. The van der Waals surface area contributed by atoms with Crippen LogP contribution in [0.3, 0.4) is 0 Å². The Kier molecular flexibility index (Phi) is 6.82. The number of hydrogen-bond acceptors (Lipinski definition) is 2. The normalized spacial score (nSPS) is 19.1. The van der Waals surface area contributed by atoms with Gasteiger partial charge >= 0.3 is 0 Å². The van der Waals surface area contributed by atoms with Crippen molar-refractivity contribution in [2.45, 2.75) is 19.3 Å². The molecule has 0 unspecified atom stereocenters. The molecule has 0 saturated carbocycles. The molecule has 0 atom stereocenters. The zero-order chi connectivity index (χ0) is 19.9. The molecule has 5 nitrogen and oxygen atoms in total. The van der Waals surface area contributed by atoms with E-state index in [0.717, 1.165) is 31.1 Å². The Bertz CT molecular complexity index is 779. The number of carbonyl (C=O) groups is 2. The van der Waals surface area contributed by atoms with Gasteiger partial charge in [0.15, 0.2) is 6.54 Å². The summed E-state index contributed by atoms with van der Waals surface area (Å²) in [7, 11) is 3.45. The number of nitrogens with one attached hydrogen (secondary N) is 2. The van der Waals surface area contributed by atoms with Crippen molar-refractivity contribution < 1.29 is 14.5 Å². The third-order valence-corrected chi connectivity index (χ3v) is 5.41. The monoisotopic (exact) mass is 380 g/mol. The number of quaternary nitrogens is 1. The highest BCUT2D eigenvalue weighted by molar-refractivity contribution is 5.95. The average Bonchev–Trinajstić information content (AvgIpc) is 2.70. The molecule has 0 aliphatic carbocycles. The smallest absolute Gasteiger partial charge is 0.279 e. The Morgan fingerprint density at radius 2 is 1.64 bits per heavy atom. The molecule has 148 valence electrons. The molecule has 2 aromatic carbocycles. The average molecular weight is 381 g/mol. The van der Waals surface area contributed by atoms with Gasteiger partial charge in [-0.1, -0.05) is 30.3 Å². The van der Waals surface area contributed by atoms with Gasteiger partial charge in [0.25, 0.3) is 11.8 Å². The minimum atomic E-state index is -0.0410. The minimum Gasteiger partial charge on any atom is -0.345 e. The fourth-order valence-electron chi connectivity index (χ4n) is 3.80. The third-order valence-electron chi connectivity index (χ3n) is 5.41. The number of rotatable bonds is 6. The van der Waals surface area contributed by atoms with Crippen LogP contribution >= 0.6 is 0 Å². The van der Waals surface area contributed by atoms with Crippen LogP contribution in [0.5, 0.6) is 0 Å². The molecule has 28 heavy (non-hydrogen) atoms. The Balaban J connectivity index is 1.42. The molecule has 3 rings (SSSR count). The van der Waals surface area contributed by atoms with E-state index in [1.807, 2.05) is 0 Å². The van der Waals surface area contributed by atoms with Crippen molar-refractivity contribution >= 4 is 17.5 Å². The van der Waals surface area contributed by atoms with Gasteiger partial charge in [0.2, 0.25) is 0 Å². The van der Waals surface area contributed by atoms with Crippen LogP contribution in [0.25, 0.3) is 0 Å². The molecule has 2 N–H and O–H groups in total. The second-order valence-corrected chi connectivity index (χ2v) is 7.88. The molecule has 2 amide bonds. The molecule has 2 aromatic rings. The zero-order valence-corrected chi connectivity index (χ0v) is 16.8. The molecular formula is C23H30N3O2+. The summed E-state index contributed by atoms with van der Waals surface area (Å²) < 4.78 is 0. The predicted octanol–water partition coefficient (Wildman–Crippen LogP) is 1.86. The molecule has 1 aliphatic rings. The van der Waals surface area contributed by atoms with Crippen LogP contribution in [0, 0.1) is 5.92 Å². The quantitative estimate of drug-likeness (QED) is 0.804. The van der Waals surface area contributed by atoms with E-state index in [1.54, 1.807) is 43.3 Å². The van der Waals surface area contributed by atoms with E-state index in [1.165, 1.54) is 23.3 Å². The van der Waals surface area contributed by atoms with Crippen molar-refractivity contribution in [1.29, 1.82) is 0 Å². The van der Waals surface area contributed by atoms with Crippen LogP contribution in [0.1, 0.15) is 28.8 Å². The van der Waals surface area contributed by atoms with E-state index in [-0.39, 0.29) is 11.8 Å². The molecule has 1 fully saturated rings. The van der Waals surface area contributed by atoms with Gasteiger partial charge in [0.05, 0.1) is 13.1 Å². The first-order valence-corrected chi connectivity index (χ1v) is 10.0. The van der Waals surface area contributed by atoms with Gasteiger partial charge in [-0.25, -0.2) is 0 Å². The predicted molar refractivity (Wildman–Crippen MR) is 112 cm³/mol. The first kappa shape index (κ1) is 20.1. The summed E-state index contributed by atoms with van der Waals surface area (Å²) in [6.07, 6.45) is 3.47.